The van der Waals surface area contributed by atoms with E-state index in [2.05, 4.69) is 40.8 Å². The lowest BCUT2D eigenvalue weighted by Gasteiger charge is -2.19. The number of para-hydroxylation sites is 1. The standard InChI is InChI=1S/C20H31N3O/c1-16(18-11-7-8-12-19(18)24-3)15-23-20(21-2)22-14-13-17-9-5-4-6-10-17/h7-9,11-12,16H,4-6,10,13-15H2,1-3H3,(H2,21,22,23). The molecule has 132 valence electrons. The first-order valence-corrected chi connectivity index (χ1v) is 9.00. The molecule has 1 aliphatic rings. The first-order chi connectivity index (χ1) is 11.7. The molecule has 0 bridgehead atoms. The second kappa shape index (κ2) is 10.0. The number of hydrogen-bond donors (Lipinski definition) is 2. The van der Waals surface area contributed by atoms with E-state index in [9.17, 15) is 0 Å². The second-order valence-electron chi connectivity index (χ2n) is 6.38. The van der Waals surface area contributed by atoms with Crippen molar-refractivity contribution in [1.82, 2.24) is 10.6 Å². The number of nitrogens with zero attached hydrogens (tertiary/aromatic N) is 1. The summed E-state index contributed by atoms with van der Waals surface area (Å²) in [5, 5.41) is 6.84. The van der Waals surface area contributed by atoms with Gasteiger partial charge in [0.1, 0.15) is 5.75 Å². The van der Waals surface area contributed by atoms with E-state index in [1.807, 2.05) is 19.2 Å². The third kappa shape index (κ3) is 5.59. The summed E-state index contributed by atoms with van der Waals surface area (Å²) in [7, 11) is 3.54. The van der Waals surface area contributed by atoms with Crippen molar-refractivity contribution in [2.75, 3.05) is 27.2 Å². The Morgan fingerprint density at radius 2 is 2.08 bits per heavy atom. The normalized spacial score (nSPS) is 16.3. The summed E-state index contributed by atoms with van der Waals surface area (Å²) < 4.78 is 5.45. The van der Waals surface area contributed by atoms with Gasteiger partial charge in [-0.3, -0.25) is 4.99 Å². The van der Waals surface area contributed by atoms with Gasteiger partial charge in [-0.05, 0) is 43.7 Å². The van der Waals surface area contributed by atoms with Gasteiger partial charge in [-0.2, -0.15) is 0 Å². The fourth-order valence-electron chi connectivity index (χ4n) is 3.13. The lowest BCUT2D eigenvalue weighted by atomic mass is 9.97. The van der Waals surface area contributed by atoms with Crippen LogP contribution in [0.3, 0.4) is 0 Å². The molecule has 1 aromatic rings. The van der Waals surface area contributed by atoms with Crippen molar-refractivity contribution in [3.8, 4) is 5.75 Å². The van der Waals surface area contributed by atoms with Crippen LogP contribution < -0.4 is 15.4 Å². The number of allylic oxidation sites excluding steroid dienone is 1. The third-order valence-electron chi connectivity index (χ3n) is 4.59. The minimum absolute atomic E-state index is 0.348. The summed E-state index contributed by atoms with van der Waals surface area (Å²) >= 11 is 0. The molecule has 0 aromatic heterocycles. The Kier molecular flexibility index (Phi) is 7.66. The van der Waals surface area contributed by atoms with E-state index in [-0.39, 0.29) is 0 Å². The Morgan fingerprint density at radius 3 is 2.79 bits per heavy atom. The predicted molar refractivity (Wildman–Crippen MR) is 102 cm³/mol. The van der Waals surface area contributed by atoms with Gasteiger partial charge in [0.2, 0.25) is 0 Å². The maximum absolute atomic E-state index is 5.45. The van der Waals surface area contributed by atoms with E-state index in [0.29, 0.717) is 5.92 Å². The van der Waals surface area contributed by atoms with Gasteiger partial charge < -0.3 is 15.4 Å². The van der Waals surface area contributed by atoms with Crippen LogP contribution in [0.4, 0.5) is 0 Å². The SMILES string of the molecule is CN=C(NCCC1=CCCCC1)NCC(C)c1ccccc1OC. The largest absolute Gasteiger partial charge is 0.496 e. The highest BCUT2D eigenvalue weighted by molar-refractivity contribution is 5.79. The van der Waals surface area contributed by atoms with Gasteiger partial charge in [-0.25, -0.2) is 0 Å². The molecule has 0 fully saturated rings. The van der Waals surface area contributed by atoms with Crippen molar-refractivity contribution >= 4 is 5.96 Å². The number of ether oxygens (including phenoxy) is 1. The molecule has 0 radical (unpaired) electrons. The summed E-state index contributed by atoms with van der Waals surface area (Å²) in [4.78, 5) is 4.32. The number of guanidine groups is 1. The van der Waals surface area contributed by atoms with Crippen molar-refractivity contribution in [3.63, 3.8) is 0 Å². The quantitative estimate of drug-likeness (QED) is 0.454. The van der Waals surface area contributed by atoms with Crippen LogP contribution in [-0.2, 0) is 0 Å². The first kappa shape index (κ1) is 18.4. The topological polar surface area (TPSA) is 45.7 Å². The van der Waals surface area contributed by atoms with E-state index in [4.69, 9.17) is 4.74 Å². The number of benzene rings is 1. The minimum atomic E-state index is 0.348. The Balaban J connectivity index is 1.77. The number of rotatable bonds is 7. The maximum Gasteiger partial charge on any atom is 0.191 e. The van der Waals surface area contributed by atoms with Crippen LogP contribution in [0.25, 0.3) is 0 Å². The molecule has 1 atom stereocenters. The van der Waals surface area contributed by atoms with E-state index >= 15 is 0 Å². The lowest BCUT2D eigenvalue weighted by Crippen LogP contribution is -2.39. The van der Waals surface area contributed by atoms with Gasteiger partial charge >= 0.3 is 0 Å². The van der Waals surface area contributed by atoms with E-state index < -0.39 is 0 Å². The molecule has 0 amide bonds. The van der Waals surface area contributed by atoms with Crippen molar-refractivity contribution in [3.05, 3.63) is 41.5 Å². The molecule has 2 N–H and O–H groups in total. The smallest absolute Gasteiger partial charge is 0.191 e. The summed E-state index contributed by atoms with van der Waals surface area (Å²) in [5.74, 6) is 2.16. The number of aliphatic imine (C=N–C) groups is 1. The summed E-state index contributed by atoms with van der Waals surface area (Å²) in [6.45, 7) is 3.96. The Bertz CT molecular complexity index is 566. The molecule has 1 aliphatic carbocycles. The Hall–Kier alpha value is -1.97. The zero-order chi connectivity index (χ0) is 17.2. The number of hydrogen-bond acceptors (Lipinski definition) is 2. The van der Waals surface area contributed by atoms with Crippen LogP contribution in [0.5, 0.6) is 5.75 Å². The van der Waals surface area contributed by atoms with Crippen molar-refractivity contribution in [2.24, 2.45) is 4.99 Å². The van der Waals surface area contributed by atoms with Crippen molar-refractivity contribution in [2.45, 2.75) is 44.9 Å². The number of nitrogens with one attached hydrogen (secondary N) is 2. The average molecular weight is 329 g/mol. The molecule has 0 heterocycles. The molecule has 0 saturated heterocycles. The van der Waals surface area contributed by atoms with Crippen molar-refractivity contribution < 1.29 is 4.74 Å². The molecular formula is C20H31N3O. The van der Waals surface area contributed by atoms with Gasteiger partial charge in [-0.15, -0.1) is 0 Å². The molecular weight excluding hydrogens is 298 g/mol. The lowest BCUT2D eigenvalue weighted by molar-refractivity contribution is 0.406. The number of methoxy groups -OCH3 is 1. The van der Waals surface area contributed by atoms with Gasteiger partial charge in [0.15, 0.2) is 5.96 Å². The molecule has 24 heavy (non-hydrogen) atoms. The first-order valence-electron chi connectivity index (χ1n) is 9.00. The van der Waals surface area contributed by atoms with Crippen LogP contribution in [0, 0.1) is 0 Å². The van der Waals surface area contributed by atoms with Gasteiger partial charge in [0, 0.05) is 26.1 Å². The third-order valence-corrected chi connectivity index (χ3v) is 4.59. The van der Waals surface area contributed by atoms with Crippen LogP contribution >= 0.6 is 0 Å². The molecule has 2 rings (SSSR count). The monoisotopic (exact) mass is 329 g/mol. The zero-order valence-corrected chi connectivity index (χ0v) is 15.3. The van der Waals surface area contributed by atoms with Crippen LogP contribution in [0.2, 0.25) is 0 Å². The second-order valence-corrected chi connectivity index (χ2v) is 6.38. The highest BCUT2D eigenvalue weighted by Crippen LogP contribution is 2.25. The zero-order valence-electron chi connectivity index (χ0n) is 15.3. The van der Waals surface area contributed by atoms with Crippen LogP contribution in [-0.4, -0.2) is 33.2 Å². The maximum atomic E-state index is 5.45. The Morgan fingerprint density at radius 1 is 1.25 bits per heavy atom. The predicted octanol–water partition coefficient (Wildman–Crippen LogP) is 3.85. The van der Waals surface area contributed by atoms with E-state index in [1.165, 1.54) is 31.2 Å². The van der Waals surface area contributed by atoms with E-state index in [0.717, 1.165) is 31.2 Å². The van der Waals surface area contributed by atoms with Crippen molar-refractivity contribution in [1.29, 1.82) is 0 Å². The van der Waals surface area contributed by atoms with Gasteiger partial charge in [0.05, 0.1) is 7.11 Å². The fourth-order valence-corrected chi connectivity index (χ4v) is 3.13. The molecule has 4 heteroatoms. The molecule has 0 spiro atoms. The summed E-state index contributed by atoms with van der Waals surface area (Å²) in [6, 6.07) is 8.19. The molecule has 0 aliphatic heterocycles. The Labute approximate surface area is 146 Å². The molecule has 0 saturated carbocycles. The minimum Gasteiger partial charge on any atom is -0.496 e. The van der Waals surface area contributed by atoms with Crippen LogP contribution in [0.15, 0.2) is 40.9 Å². The van der Waals surface area contributed by atoms with Gasteiger partial charge in [0.25, 0.3) is 0 Å². The fraction of sp³-hybridized carbons (Fsp3) is 0.550. The summed E-state index contributed by atoms with van der Waals surface area (Å²) in [6.07, 6.45) is 8.72. The molecule has 1 unspecified atom stereocenters. The van der Waals surface area contributed by atoms with Gasteiger partial charge in [-0.1, -0.05) is 36.8 Å². The highest BCUT2D eigenvalue weighted by Gasteiger charge is 2.11. The summed E-state index contributed by atoms with van der Waals surface area (Å²) in [5.41, 5.74) is 2.81. The molecule has 4 nitrogen and oxygen atoms in total. The van der Waals surface area contributed by atoms with Crippen LogP contribution in [0.1, 0.15) is 50.5 Å². The molecule has 1 aromatic carbocycles. The average Bonchev–Trinajstić information content (AvgIpc) is 2.65. The highest BCUT2D eigenvalue weighted by atomic mass is 16.5. The van der Waals surface area contributed by atoms with E-state index in [1.54, 1.807) is 12.7 Å².